The fourth-order valence-electron chi connectivity index (χ4n) is 4.57. The zero-order valence-electron chi connectivity index (χ0n) is 18.8. The molecule has 32 heavy (non-hydrogen) atoms. The Hall–Kier alpha value is -3.19. The van der Waals surface area contributed by atoms with Gasteiger partial charge < -0.3 is 19.5 Å². The summed E-state index contributed by atoms with van der Waals surface area (Å²) in [7, 11) is 1.41. The minimum atomic E-state index is -0.252. The second kappa shape index (κ2) is 9.12. The number of carbonyl (C=O) groups is 1. The number of aromatic nitrogens is 2. The topological polar surface area (TPSA) is 59.4 Å². The summed E-state index contributed by atoms with van der Waals surface area (Å²) in [6, 6.07) is 16.3. The number of esters is 1. The summed E-state index contributed by atoms with van der Waals surface area (Å²) in [5.74, 6) is -0.252. The van der Waals surface area contributed by atoms with Crippen LogP contribution in [0.5, 0.6) is 0 Å². The van der Waals surface area contributed by atoms with Crippen molar-refractivity contribution in [2.45, 2.75) is 39.3 Å². The molecule has 3 heterocycles. The van der Waals surface area contributed by atoms with Crippen LogP contribution >= 0.6 is 12.2 Å². The zero-order valence-corrected chi connectivity index (χ0v) is 19.6. The van der Waals surface area contributed by atoms with Crippen molar-refractivity contribution in [1.82, 2.24) is 19.8 Å². The van der Waals surface area contributed by atoms with Crippen molar-refractivity contribution >= 4 is 23.3 Å². The molecular formula is C25H28N4O2S. The molecule has 3 aromatic rings. The smallest absolute Gasteiger partial charge is 0.307 e. The fourth-order valence-corrected chi connectivity index (χ4v) is 4.90. The molecule has 0 amide bonds. The third-order valence-electron chi connectivity index (χ3n) is 6.13. The van der Waals surface area contributed by atoms with E-state index in [1.54, 1.807) is 6.20 Å². The van der Waals surface area contributed by atoms with E-state index >= 15 is 0 Å². The second-order valence-electron chi connectivity index (χ2n) is 8.09. The summed E-state index contributed by atoms with van der Waals surface area (Å²) >= 11 is 5.71. The van der Waals surface area contributed by atoms with Crippen molar-refractivity contribution in [3.63, 3.8) is 0 Å². The molecule has 1 aromatic carbocycles. The van der Waals surface area contributed by atoms with Crippen LogP contribution < -0.4 is 5.32 Å². The predicted molar refractivity (Wildman–Crippen MR) is 129 cm³/mol. The van der Waals surface area contributed by atoms with Gasteiger partial charge in [-0.3, -0.25) is 9.78 Å². The third kappa shape index (κ3) is 4.00. The average molecular weight is 449 g/mol. The first-order valence-electron chi connectivity index (χ1n) is 10.7. The Labute approximate surface area is 194 Å². The first-order chi connectivity index (χ1) is 15.4. The van der Waals surface area contributed by atoms with Gasteiger partial charge in [-0.05, 0) is 68.4 Å². The molecule has 1 aliphatic heterocycles. The van der Waals surface area contributed by atoms with E-state index < -0.39 is 0 Å². The summed E-state index contributed by atoms with van der Waals surface area (Å²) in [5.41, 5.74) is 6.76. The monoisotopic (exact) mass is 448 g/mol. The summed E-state index contributed by atoms with van der Waals surface area (Å²) in [6.07, 6.45) is 2.06. The van der Waals surface area contributed by atoms with E-state index in [1.807, 2.05) is 18.2 Å². The maximum absolute atomic E-state index is 11.9. The van der Waals surface area contributed by atoms with Crippen LogP contribution in [0.3, 0.4) is 0 Å². The maximum Gasteiger partial charge on any atom is 0.307 e. The Morgan fingerprint density at radius 1 is 1.16 bits per heavy atom. The molecule has 1 N–H and O–H groups in total. The molecule has 4 rings (SSSR count). The van der Waals surface area contributed by atoms with Crippen molar-refractivity contribution < 1.29 is 9.53 Å². The van der Waals surface area contributed by atoms with E-state index in [4.69, 9.17) is 17.0 Å². The Morgan fingerprint density at radius 2 is 1.91 bits per heavy atom. The number of nitrogens with zero attached hydrogens (tertiary/aromatic N) is 3. The second-order valence-corrected chi connectivity index (χ2v) is 8.48. The molecule has 0 radical (unpaired) electrons. The number of nitrogens with one attached hydrogen (secondary N) is 1. The molecule has 1 aliphatic rings. The van der Waals surface area contributed by atoms with E-state index in [2.05, 4.69) is 70.9 Å². The van der Waals surface area contributed by atoms with Crippen LogP contribution in [0, 0.1) is 20.8 Å². The molecule has 0 unspecified atom stereocenters. The van der Waals surface area contributed by atoms with E-state index in [1.165, 1.54) is 18.2 Å². The van der Waals surface area contributed by atoms with Gasteiger partial charge in [-0.1, -0.05) is 24.3 Å². The zero-order chi connectivity index (χ0) is 22.8. The number of ether oxygens (including phenoxy) is 1. The summed E-state index contributed by atoms with van der Waals surface area (Å²) in [6.45, 7) is 6.86. The molecule has 2 atom stereocenters. The number of thiocarbonyl (C=S) groups is 1. The van der Waals surface area contributed by atoms with Crippen LogP contribution in [-0.4, -0.2) is 39.2 Å². The van der Waals surface area contributed by atoms with Crippen LogP contribution in [0.1, 0.15) is 46.7 Å². The van der Waals surface area contributed by atoms with Crippen molar-refractivity contribution in [1.29, 1.82) is 0 Å². The Kier molecular flexibility index (Phi) is 6.28. The van der Waals surface area contributed by atoms with Gasteiger partial charge in [0, 0.05) is 29.8 Å². The van der Waals surface area contributed by atoms with E-state index in [-0.39, 0.29) is 24.5 Å². The minimum Gasteiger partial charge on any atom is -0.469 e. The molecular weight excluding hydrogens is 420 g/mol. The van der Waals surface area contributed by atoms with Gasteiger partial charge in [0.05, 0.1) is 31.3 Å². The van der Waals surface area contributed by atoms with Gasteiger partial charge in [-0.2, -0.15) is 0 Å². The number of aryl methyl sites for hydroxylation is 2. The molecule has 0 spiro atoms. The van der Waals surface area contributed by atoms with Gasteiger partial charge in [-0.25, -0.2) is 0 Å². The SMILES string of the molecule is COC(=O)CCN1C(=S)N[C@H](c2ccccn2)[C@H]1c1cc(C)n(-c2ccccc2C)c1C. The lowest BCUT2D eigenvalue weighted by Crippen LogP contribution is -2.32. The van der Waals surface area contributed by atoms with Crippen LogP contribution in [-0.2, 0) is 9.53 Å². The van der Waals surface area contributed by atoms with Crippen LogP contribution in [0.4, 0.5) is 0 Å². The number of benzene rings is 1. The van der Waals surface area contributed by atoms with Gasteiger partial charge in [0.25, 0.3) is 0 Å². The highest BCUT2D eigenvalue weighted by molar-refractivity contribution is 7.80. The van der Waals surface area contributed by atoms with Gasteiger partial charge in [-0.15, -0.1) is 0 Å². The van der Waals surface area contributed by atoms with Crippen molar-refractivity contribution in [3.05, 3.63) is 82.9 Å². The number of methoxy groups -OCH3 is 1. The van der Waals surface area contributed by atoms with Gasteiger partial charge in [0.2, 0.25) is 0 Å². The first-order valence-corrected chi connectivity index (χ1v) is 11.1. The van der Waals surface area contributed by atoms with Gasteiger partial charge in [0.15, 0.2) is 5.11 Å². The number of para-hydroxylation sites is 1. The quantitative estimate of drug-likeness (QED) is 0.447. The van der Waals surface area contributed by atoms with Crippen molar-refractivity contribution in [2.24, 2.45) is 0 Å². The van der Waals surface area contributed by atoms with Crippen LogP contribution in [0.25, 0.3) is 5.69 Å². The third-order valence-corrected chi connectivity index (χ3v) is 6.48. The molecule has 166 valence electrons. The molecule has 1 fully saturated rings. The van der Waals surface area contributed by atoms with E-state index in [0.29, 0.717) is 11.7 Å². The molecule has 0 aliphatic carbocycles. The minimum absolute atomic E-state index is 0.0916. The molecule has 6 nitrogen and oxygen atoms in total. The number of pyridine rings is 1. The first kappa shape index (κ1) is 22.0. The fraction of sp³-hybridized carbons (Fsp3) is 0.320. The lowest BCUT2D eigenvalue weighted by Gasteiger charge is -2.28. The van der Waals surface area contributed by atoms with Crippen LogP contribution in [0.15, 0.2) is 54.7 Å². The Morgan fingerprint density at radius 3 is 2.59 bits per heavy atom. The van der Waals surface area contributed by atoms with Crippen molar-refractivity contribution in [3.8, 4) is 5.69 Å². The highest BCUT2D eigenvalue weighted by Crippen LogP contribution is 2.41. The number of rotatable bonds is 6. The molecule has 7 heteroatoms. The molecule has 0 saturated carbocycles. The van der Waals surface area contributed by atoms with Gasteiger partial charge in [0.1, 0.15) is 0 Å². The highest BCUT2D eigenvalue weighted by atomic mass is 32.1. The van der Waals surface area contributed by atoms with E-state index in [0.717, 1.165) is 22.8 Å². The maximum atomic E-state index is 11.9. The largest absolute Gasteiger partial charge is 0.469 e. The van der Waals surface area contributed by atoms with Crippen LogP contribution in [0.2, 0.25) is 0 Å². The van der Waals surface area contributed by atoms with E-state index in [9.17, 15) is 4.79 Å². The molecule has 1 saturated heterocycles. The standard InChI is InChI=1S/C25H28N4O2S/c1-16-9-5-6-11-21(16)29-17(2)15-19(18(29)3)24-23(20-10-7-8-13-26-20)27-25(32)28(24)14-12-22(30)31-4/h5-11,13,15,23-24H,12,14H2,1-4H3,(H,27,32)/t23-,24-/m1/s1. The summed E-state index contributed by atoms with van der Waals surface area (Å²) in [4.78, 5) is 18.6. The lowest BCUT2D eigenvalue weighted by atomic mass is 9.96. The van der Waals surface area contributed by atoms with Gasteiger partial charge >= 0.3 is 5.97 Å². The highest BCUT2D eigenvalue weighted by Gasteiger charge is 2.41. The summed E-state index contributed by atoms with van der Waals surface area (Å²) < 4.78 is 7.16. The van der Waals surface area contributed by atoms with Crippen molar-refractivity contribution in [2.75, 3.05) is 13.7 Å². The number of carbonyl (C=O) groups excluding carboxylic acids is 1. The predicted octanol–water partition coefficient (Wildman–Crippen LogP) is 4.33. The number of hydrogen-bond donors (Lipinski definition) is 1. The number of hydrogen-bond acceptors (Lipinski definition) is 4. The average Bonchev–Trinajstić information content (AvgIpc) is 3.28. The Bertz CT molecular complexity index is 1140. The lowest BCUT2D eigenvalue weighted by molar-refractivity contribution is -0.140. The summed E-state index contributed by atoms with van der Waals surface area (Å²) in [5, 5.41) is 4.07. The molecule has 2 aromatic heterocycles. The Balaban J connectivity index is 1.81. The molecule has 0 bridgehead atoms. The normalized spacial score (nSPS) is 18.0.